The van der Waals surface area contributed by atoms with Crippen LogP contribution in [-0.2, 0) is 0 Å². The summed E-state index contributed by atoms with van der Waals surface area (Å²) in [4.78, 5) is 0. The summed E-state index contributed by atoms with van der Waals surface area (Å²) in [6.07, 6.45) is 16.8. The second kappa shape index (κ2) is 6.15. The molecule has 4 rings (SSSR count). The van der Waals surface area contributed by atoms with Crippen molar-refractivity contribution in [3.63, 3.8) is 0 Å². The van der Waals surface area contributed by atoms with E-state index in [2.05, 4.69) is 26.8 Å². The maximum Gasteiger partial charge on any atom is 0.0648 e. The van der Waals surface area contributed by atoms with Crippen molar-refractivity contribution >= 4 is 0 Å². The number of allylic oxidation sites excluding steroid dienone is 2. The molecule has 1 N–H and O–H groups in total. The topological polar surface area (TPSA) is 20.2 Å². The minimum Gasteiger partial charge on any atom is -0.390 e. The fourth-order valence-electron chi connectivity index (χ4n) is 7.71. The highest BCUT2D eigenvalue weighted by molar-refractivity contribution is 5.23. The molecule has 0 unspecified atom stereocenters. The highest BCUT2D eigenvalue weighted by atomic mass is 16.3. The lowest BCUT2D eigenvalue weighted by atomic mass is 9.49. The first kappa shape index (κ1) is 17.1. The lowest BCUT2D eigenvalue weighted by molar-refractivity contribution is -0.0980. The van der Waals surface area contributed by atoms with Crippen molar-refractivity contribution in [3.8, 4) is 0 Å². The third-order valence-corrected chi connectivity index (χ3v) is 9.06. The van der Waals surface area contributed by atoms with Crippen LogP contribution in [0.3, 0.4) is 0 Å². The Morgan fingerprint density at radius 3 is 2.54 bits per heavy atom. The summed E-state index contributed by atoms with van der Waals surface area (Å²) >= 11 is 0. The van der Waals surface area contributed by atoms with E-state index in [1.165, 1.54) is 51.4 Å². The zero-order valence-electron chi connectivity index (χ0n) is 16.2. The lowest BCUT2D eigenvalue weighted by Gasteiger charge is -2.56. The van der Waals surface area contributed by atoms with Crippen molar-refractivity contribution in [3.05, 3.63) is 11.6 Å². The first-order chi connectivity index (χ1) is 11.5. The van der Waals surface area contributed by atoms with Gasteiger partial charge in [0.25, 0.3) is 0 Å². The third kappa shape index (κ3) is 2.52. The Bertz CT molecular complexity index is 508. The van der Waals surface area contributed by atoms with Crippen LogP contribution in [0, 0.1) is 35.0 Å². The van der Waals surface area contributed by atoms with E-state index in [4.69, 9.17) is 0 Å². The van der Waals surface area contributed by atoms with Crippen molar-refractivity contribution in [2.75, 3.05) is 0 Å². The summed E-state index contributed by atoms with van der Waals surface area (Å²) in [6, 6.07) is 0. The molecule has 24 heavy (non-hydrogen) atoms. The number of hydrogen-bond acceptors (Lipinski definition) is 1. The van der Waals surface area contributed by atoms with Crippen LogP contribution in [-0.4, -0.2) is 10.7 Å². The van der Waals surface area contributed by atoms with Gasteiger partial charge in [-0.05, 0) is 106 Å². The monoisotopic (exact) mass is 330 g/mol. The van der Waals surface area contributed by atoms with Crippen LogP contribution in [0.15, 0.2) is 11.6 Å². The molecule has 1 nitrogen and oxygen atoms in total. The van der Waals surface area contributed by atoms with Gasteiger partial charge in [-0.25, -0.2) is 0 Å². The second-order valence-electron chi connectivity index (χ2n) is 9.89. The summed E-state index contributed by atoms with van der Waals surface area (Å²) in [7, 11) is 0. The molecule has 7 atom stereocenters. The predicted octanol–water partition coefficient (Wildman–Crippen LogP) is 6.12. The minimum absolute atomic E-state index is 0.332. The van der Waals surface area contributed by atoms with E-state index in [0.29, 0.717) is 5.41 Å². The Kier molecular flexibility index (Phi) is 4.39. The Morgan fingerprint density at radius 1 is 1.00 bits per heavy atom. The second-order valence-corrected chi connectivity index (χ2v) is 9.89. The van der Waals surface area contributed by atoms with Crippen molar-refractivity contribution in [1.29, 1.82) is 0 Å². The fourth-order valence-corrected chi connectivity index (χ4v) is 7.71. The van der Waals surface area contributed by atoms with Gasteiger partial charge in [-0.1, -0.05) is 32.4 Å². The molecule has 0 aromatic carbocycles. The Hall–Kier alpha value is -0.300. The Balaban J connectivity index is 1.54. The van der Waals surface area contributed by atoms with E-state index >= 15 is 0 Å². The number of fused-ring (bicyclic) bond motifs is 5. The van der Waals surface area contributed by atoms with Crippen molar-refractivity contribution in [2.24, 2.45) is 35.0 Å². The van der Waals surface area contributed by atoms with Crippen molar-refractivity contribution < 1.29 is 5.11 Å². The molecule has 4 aliphatic rings. The molecule has 0 aromatic heterocycles. The molecule has 136 valence electrons. The molecule has 4 saturated carbocycles. The Morgan fingerprint density at radius 2 is 1.79 bits per heavy atom. The van der Waals surface area contributed by atoms with Gasteiger partial charge in [0, 0.05) is 0 Å². The Labute approximate surface area is 149 Å². The van der Waals surface area contributed by atoms with Crippen LogP contribution in [0.5, 0.6) is 0 Å². The summed E-state index contributed by atoms with van der Waals surface area (Å²) in [6.45, 7) is 7.08. The van der Waals surface area contributed by atoms with Gasteiger partial charge in [0.2, 0.25) is 0 Å². The van der Waals surface area contributed by atoms with E-state index in [0.717, 1.165) is 48.9 Å². The largest absolute Gasteiger partial charge is 0.390 e. The van der Waals surface area contributed by atoms with Gasteiger partial charge in [0.05, 0.1) is 5.60 Å². The van der Waals surface area contributed by atoms with Crippen molar-refractivity contribution in [2.45, 2.75) is 97.0 Å². The standard InChI is InChI=1S/C23H38O/c1-4-6-17-8-10-21-20-9-7-16-15-23(24,5-2)14-12-18(16)19(20)11-13-22(17,21)3/h6,16,18-21,24H,4-5,7-15H2,1-3H3/b17-6-/t16-,18-,19+,20+,21-,22+,23+/m0/s1. The molecule has 0 aromatic rings. The molecule has 4 fully saturated rings. The maximum absolute atomic E-state index is 10.8. The van der Waals surface area contributed by atoms with E-state index in [9.17, 15) is 5.11 Å². The van der Waals surface area contributed by atoms with Crippen LogP contribution in [0.1, 0.15) is 91.4 Å². The van der Waals surface area contributed by atoms with Crippen LogP contribution in [0.2, 0.25) is 0 Å². The van der Waals surface area contributed by atoms with Gasteiger partial charge in [-0.2, -0.15) is 0 Å². The number of aliphatic hydroxyl groups is 1. The first-order valence-corrected chi connectivity index (χ1v) is 10.9. The molecule has 0 bridgehead atoms. The molecule has 0 spiro atoms. The molecule has 0 amide bonds. The SMILES string of the molecule is CC/C=C1/CC[C@H]2[C@@H]3CC[C@H]4C[C@@](O)(CC)CC[C@@H]4[C@H]3CC[C@]12C. The van der Waals surface area contributed by atoms with E-state index in [1.807, 2.05) is 0 Å². The highest BCUT2D eigenvalue weighted by Gasteiger charge is 2.55. The maximum atomic E-state index is 10.8. The number of rotatable bonds is 2. The van der Waals surface area contributed by atoms with Gasteiger partial charge >= 0.3 is 0 Å². The molecule has 0 heterocycles. The van der Waals surface area contributed by atoms with E-state index < -0.39 is 0 Å². The summed E-state index contributed by atoms with van der Waals surface area (Å²) in [5.41, 5.74) is 2.00. The lowest BCUT2D eigenvalue weighted by Crippen LogP contribution is -2.50. The minimum atomic E-state index is -0.332. The van der Waals surface area contributed by atoms with Gasteiger partial charge in [0.1, 0.15) is 0 Å². The van der Waals surface area contributed by atoms with Crippen LogP contribution < -0.4 is 0 Å². The quantitative estimate of drug-likeness (QED) is 0.605. The molecule has 0 aliphatic heterocycles. The zero-order chi connectivity index (χ0) is 16.9. The highest BCUT2D eigenvalue weighted by Crippen LogP contribution is 2.64. The molecular weight excluding hydrogens is 292 g/mol. The molecule has 1 heteroatoms. The third-order valence-electron chi connectivity index (χ3n) is 9.06. The average molecular weight is 331 g/mol. The molecule has 0 radical (unpaired) electrons. The fraction of sp³-hybridized carbons (Fsp3) is 0.913. The van der Waals surface area contributed by atoms with Crippen LogP contribution >= 0.6 is 0 Å². The summed E-state index contributed by atoms with van der Waals surface area (Å²) in [5, 5.41) is 10.8. The predicted molar refractivity (Wildman–Crippen MR) is 101 cm³/mol. The normalized spacial score (nSPS) is 52.7. The summed E-state index contributed by atoms with van der Waals surface area (Å²) in [5.74, 6) is 4.67. The molecular formula is C23H38O. The molecule has 0 saturated heterocycles. The van der Waals surface area contributed by atoms with Gasteiger partial charge < -0.3 is 5.11 Å². The van der Waals surface area contributed by atoms with E-state index in [-0.39, 0.29) is 5.60 Å². The first-order valence-electron chi connectivity index (χ1n) is 10.9. The zero-order valence-corrected chi connectivity index (χ0v) is 16.2. The van der Waals surface area contributed by atoms with Gasteiger partial charge in [0.15, 0.2) is 0 Å². The smallest absolute Gasteiger partial charge is 0.0648 e. The summed E-state index contributed by atoms with van der Waals surface area (Å²) < 4.78 is 0. The van der Waals surface area contributed by atoms with Crippen LogP contribution in [0.4, 0.5) is 0 Å². The van der Waals surface area contributed by atoms with Crippen LogP contribution in [0.25, 0.3) is 0 Å². The van der Waals surface area contributed by atoms with Gasteiger partial charge in [-0.15, -0.1) is 0 Å². The molecule has 4 aliphatic carbocycles. The van der Waals surface area contributed by atoms with Crippen molar-refractivity contribution in [1.82, 2.24) is 0 Å². The average Bonchev–Trinajstić information content (AvgIpc) is 2.91. The number of hydrogen-bond donors (Lipinski definition) is 1. The van der Waals surface area contributed by atoms with Gasteiger partial charge in [-0.3, -0.25) is 0 Å². The van der Waals surface area contributed by atoms with E-state index in [1.54, 1.807) is 5.57 Å².